The van der Waals surface area contributed by atoms with Crippen molar-refractivity contribution >= 4 is 32.8 Å². The average Bonchev–Trinajstić information content (AvgIpc) is 2.45. The fourth-order valence-electron chi connectivity index (χ4n) is 2.42. The molecule has 0 N–H and O–H groups in total. The SMILES string of the molecule is C=C(C)C(=O)OCC(OC)(O[Si](C)(C)C)C([SiH3])(OCCC)O[Si](C)(C)C. The van der Waals surface area contributed by atoms with E-state index in [2.05, 4.69) is 45.9 Å². The summed E-state index contributed by atoms with van der Waals surface area (Å²) in [4.78, 5) is 12.0. The lowest BCUT2D eigenvalue weighted by molar-refractivity contribution is -0.334. The van der Waals surface area contributed by atoms with Crippen LogP contribution in [0.5, 0.6) is 0 Å². The second-order valence-corrected chi connectivity index (χ2v) is 18.7. The molecule has 0 aliphatic heterocycles. The van der Waals surface area contributed by atoms with Gasteiger partial charge in [0.05, 0.1) is 10.2 Å². The molecule has 0 saturated heterocycles. The number of carbonyl (C=O) groups is 1. The van der Waals surface area contributed by atoms with Crippen LogP contribution in [-0.2, 0) is 27.9 Å². The Morgan fingerprint density at radius 3 is 1.92 bits per heavy atom. The van der Waals surface area contributed by atoms with E-state index >= 15 is 0 Å². The monoisotopic (exact) mass is 422 g/mol. The maximum Gasteiger partial charge on any atom is 0.333 e. The van der Waals surface area contributed by atoms with Gasteiger partial charge >= 0.3 is 5.97 Å². The molecule has 0 aromatic carbocycles. The Kier molecular flexibility index (Phi) is 9.65. The van der Waals surface area contributed by atoms with Crippen molar-refractivity contribution in [2.24, 2.45) is 0 Å². The Labute approximate surface area is 164 Å². The maximum absolute atomic E-state index is 12.0. The standard InChI is InChI=1S/C17H38O6Si3/c1-11-12-21-17(24,23-26(8,9)10)16(19-4,22-25(5,6)7)13-20-15(18)14(2)3/h2,11-13H2,1,3-10,24H3. The van der Waals surface area contributed by atoms with Gasteiger partial charge in [-0.2, -0.15) is 0 Å². The molecule has 0 saturated carbocycles. The molecule has 0 aromatic heterocycles. The minimum Gasteiger partial charge on any atom is -0.456 e. The molecule has 0 bridgehead atoms. The highest BCUT2D eigenvalue weighted by atomic mass is 28.4. The predicted molar refractivity (Wildman–Crippen MR) is 113 cm³/mol. The Morgan fingerprint density at radius 2 is 1.58 bits per heavy atom. The molecule has 0 spiro atoms. The molecule has 0 fully saturated rings. The number of carbonyl (C=O) groups excluding carboxylic acids is 1. The Balaban J connectivity index is 6.05. The lowest BCUT2D eigenvalue weighted by Gasteiger charge is -2.50. The minimum atomic E-state index is -2.10. The zero-order valence-electron chi connectivity index (χ0n) is 18.3. The molecule has 0 aromatic rings. The van der Waals surface area contributed by atoms with E-state index in [0.717, 1.165) is 6.42 Å². The molecule has 154 valence electrons. The van der Waals surface area contributed by atoms with E-state index in [1.807, 2.05) is 6.92 Å². The van der Waals surface area contributed by atoms with Crippen LogP contribution in [0.2, 0.25) is 39.3 Å². The highest BCUT2D eigenvalue weighted by molar-refractivity contribution is 6.70. The summed E-state index contributed by atoms with van der Waals surface area (Å²) in [6.07, 6.45) is 0.831. The van der Waals surface area contributed by atoms with E-state index in [-0.39, 0.29) is 6.61 Å². The van der Waals surface area contributed by atoms with Gasteiger partial charge in [-0.05, 0) is 52.6 Å². The topological polar surface area (TPSA) is 63.2 Å². The number of hydrogen-bond acceptors (Lipinski definition) is 6. The van der Waals surface area contributed by atoms with Gasteiger partial charge in [0.1, 0.15) is 6.61 Å². The quantitative estimate of drug-likeness (QED) is 0.208. The van der Waals surface area contributed by atoms with Crippen LogP contribution in [-0.4, -0.2) is 64.4 Å². The third-order valence-corrected chi connectivity index (χ3v) is 6.92. The van der Waals surface area contributed by atoms with E-state index in [1.165, 1.54) is 0 Å². The van der Waals surface area contributed by atoms with Gasteiger partial charge in [-0.15, -0.1) is 0 Å². The first-order chi connectivity index (χ1) is 11.6. The van der Waals surface area contributed by atoms with Crippen molar-refractivity contribution in [3.63, 3.8) is 0 Å². The average molecular weight is 423 g/mol. The molecule has 26 heavy (non-hydrogen) atoms. The van der Waals surface area contributed by atoms with Crippen LogP contribution in [0.15, 0.2) is 12.2 Å². The van der Waals surface area contributed by atoms with E-state index in [0.29, 0.717) is 22.4 Å². The molecule has 2 unspecified atom stereocenters. The highest BCUT2D eigenvalue weighted by Crippen LogP contribution is 2.36. The van der Waals surface area contributed by atoms with Crippen molar-refractivity contribution in [2.45, 2.75) is 70.7 Å². The van der Waals surface area contributed by atoms with Crippen LogP contribution in [0.3, 0.4) is 0 Å². The summed E-state index contributed by atoms with van der Waals surface area (Å²) in [5.41, 5.74) is -0.764. The first-order valence-electron chi connectivity index (χ1n) is 9.03. The predicted octanol–water partition coefficient (Wildman–Crippen LogP) is 2.60. The van der Waals surface area contributed by atoms with Gasteiger partial charge in [-0.3, -0.25) is 0 Å². The Hall–Kier alpha value is -0.299. The van der Waals surface area contributed by atoms with Crippen LogP contribution in [0, 0.1) is 0 Å². The van der Waals surface area contributed by atoms with Gasteiger partial charge in [0.15, 0.2) is 22.0 Å². The van der Waals surface area contributed by atoms with Crippen molar-refractivity contribution in [2.75, 3.05) is 20.3 Å². The molecule has 0 rings (SSSR count). The number of esters is 1. The van der Waals surface area contributed by atoms with E-state index < -0.39 is 33.8 Å². The van der Waals surface area contributed by atoms with Gasteiger partial charge in [0, 0.05) is 19.3 Å². The largest absolute Gasteiger partial charge is 0.456 e. The number of hydrogen-bond donors (Lipinski definition) is 0. The summed E-state index contributed by atoms with van der Waals surface area (Å²) in [7, 11) is -2.09. The molecular weight excluding hydrogens is 384 g/mol. The zero-order valence-corrected chi connectivity index (χ0v) is 22.3. The van der Waals surface area contributed by atoms with Crippen LogP contribution in [0.4, 0.5) is 0 Å². The van der Waals surface area contributed by atoms with Gasteiger partial charge in [-0.25, -0.2) is 4.79 Å². The second kappa shape index (κ2) is 9.76. The molecule has 9 heteroatoms. The summed E-state index contributed by atoms with van der Waals surface area (Å²) in [5.74, 6) is -1.80. The third kappa shape index (κ3) is 8.15. The van der Waals surface area contributed by atoms with E-state index in [4.69, 9.17) is 23.1 Å². The van der Waals surface area contributed by atoms with Crippen LogP contribution in [0.1, 0.15) is 20.3 Å². The molecule has 0 amide bonds. The Morgan fingerprint density at radius 1 is 1.08 bits per heavy atom. The van der Waals surface area contributed by atoms with Gasteiger partial charge in [0.25, 0.3) is 0 Å². The summed E-state index contributed by atoms with van der Waals surface area (Å²) < 4.78 is 30.4. The van der Waals surface area contributed by atoms with Crippen molar-refractivity contribution in [1.82, 2.24) is 0 Å². The molecule has 2 atom stereocenters. The van der Waals surface area contributed by atoms with E-state index in [9.17, 15) is 4.79 Å². The molecule has 0 aliphatic carbocycles. The lowest BCUT2D eigenvalue weighted by Crippen LogP contribution is -2.68. The van der Waals surface area contributed by atoms with Crippen molar-refractivity contribution in [1.29, 1.82) is 0 Å². The molecule has 0 aliphatic rings. The molecule has 0 radical (unpaired) electrons. The van der Waals surface area contributed by atoms with Gasteiger partial charge in [0.2, 0.25) is 5.79 Å². The summed E-state index contributed by atoms with van der Waals surface area (Å²) in [5, 5.41) is 0. The van der Waals surface area contributed by atoms with E-state index in [1.54, 1.807) is 14.0 Å². The highest BCUT2D eigenvalue weighted by Gasteiger charge is 2.56. The first kappa shape index (κ1) is 25.7. The number of methoxy groups -OCH3 is 1. The fourth-order valence-corrected chi connectivity index (χ4v) is 7.81. The number of rotatable bonds is 12. The van der Waals surface area contributed by atoms with Gasteiger partial charge < -0.3 is 23.1 Å². The van der Waals surface area contributed by atoms with Crippen molar-refractivity contribution in [3.05, 3.63) is 12.2 Å². The Bertz CT molecular complexity index is 486. The smallest absolute Gasteiger partial charge is 0.333 e. The fraction of sp³-hybridized carbons (Fsp3) is 0.824. The van der Waals surface area contributed by atoms with Crippen molar-refractivity contribution < 1.29 is 27.9 Å². The summed E-state index contributed by atoms with van der Waals surface area (Å²) >= 11 is 0. The number of ether oxygens (including phenoxy) is 3. The third-order valence-electron chi connectivity index (χ3n) is 3.32. The molecule has 6 nitrogen and oxygen atoms in total. The van der Waals surface area contributed by atoms with Crippen LogP contribution >= 0.6 is 0 Å². The molecule has 0 heterocycles. The second-order valence-electron chi connectivity index (χ2n) is 8.54. The summed E-state index contributed by atoms with van der Waals surface area (Å²) in [6.45, 7) is 20.1. The minimum absolute atomic E-state index is 0.114. The van der Waals surface area contributed by atoms with Crippen LogP contribution in [0.25, 0.3) is 0 Å². The molecular formula is C17H38O6Si3. The van der Waals surface area contributed by atoms with Gasteiger partial charge in [-0.1, -0.05) is 13.5 Å². The zero-order chi connectivity index (χ0) is 20.8. The van der Waals surface area contributed by atoms with Crippen molar-refractivity contribution in [3.8, 4) is 0 Å². The first-order valence-corrected chi connectivity index (χ1v) is 16.8. The lowest BCUT2D eigenvalue weighted by atomic mass is 10.2. The normalized spacial score (nSPS) is 17.4. The maximum atomic E-state index is 12.0. The summed E-state index contributed by atoms with van der Waals surface area (Å²) in [6, 6.07) is 0. The van der Waals surface area contributed by atoms with Crippen LogP contribution < -0.4 is 0 Å².